The molecule has 122 valence electrons. The van der Waals surface area contributed by atoms with E-state index in [1.54, 1.807) is 22.8 Å². The van der Waals surface area contributed by atoms with E-state index in [0.29, 0.717) is 29.7 Å². The number of hydrogen-bond donors (Lipinski definition) is 1. The molecule has 8 heteroatoms. The molecule has 7 nitrogen and oxygen atoms in total. The lowest BCUT2D eigenvalue weighted by atomic mass is 10.2. The molecule has 1 aromatic heterocycles. The van der Waals surface area contributed by atoms with Crippen molar-refractivity contribution in [2.24, 2.45) is 7.05 Å². The number of halogens is 1. The van der Waals surface area contributed by atoms with Crippen LogP contribution < -0.4 is 5.32 Å². The minimum absolute atomic E-state index is 0.0918. The first kappa shape index (κ1) is 16.8. The Hall–Kier alpha value is -1.57. The minimum atomic E-state index is -0.530. The molecule has 0 bridgehead atoms. The van der Waals surface area contributed by atoms with Gasteiger partial charge >= 0.3 is 6.09 Å². The number of alkyl carbamates (subject to hydrolysis) is 1. The number of amides is 2. The number of aromatic nitrogens is 2. The van der Waals surface area contributed by atoms with E-state index >= 15 is 0 Å². The number of nitrogens with zero attached hydrogens (tertiary/aromatic N) is 3. The van der Waals surface area contributed by atoms with E-state index in [9.17, 15) is 9.59 Å². The Morgan fingerprint density at radius 1 is 1.45 bits per heavy atom. The number of carbonyl (C=O) groups is 2. The molecule has 1 atom stereocenters. The summed E-state index contributed by atoms with van der Waals surface area (Å²) in [5, 5.41) is 6.85. The zero-order valence-electron chi connectivity index (χ0n) is 13.2. The van der Waals surface area contributed by atoms with Gasteiger partial charge in [-0.2, -0.15) is 5.10 Å². The first-order valence-corrected chi connectivity index (χ1v) is 7.93. The summed E-state index contributed by atoms with van der Waals surface area (Å²) in [7, 11) is 1.73. The summed E-state index contributed by atoms with van der Waals surface area (Å²) in [6.07, 6.45) is 1.86. The molecule has 1 saturated heterocycles. The van der Waals surface area contributed by atoms with Gasteiger partial charge in [0.05, 0.1) is 16.7 Å². The molecule has 0 saturated carbocycles. The number of carbonyl (C=O) groups excluding carboxylic acids is 2. The average molecular weight is 373 g/mol. The van der Waals surface area contributed by atoms with E-state index in [2.05, 4.69) is 26.3 Å². The zero-order chi connectivity index (χ0) is 16.5. The normalized spacial score (nSPS) is 18.4. The van der Waals surface area contributed by atoms with Gasteiger partial charge in [0.1, 0.15) is 11.3 Å². The van der Waals surface area contributed by atoms with Crippen molar-refractivity contribution in [3.05, 3.63) is 16.4 Å². The molecule has 0 radical (unpaired) electrons. The molecule has 1 aliphatic rings. The van der Waals surface area contributed by atoms with Gasteiger partial charge in [-0.25, -0.2) is 4.79 Å². The molecule has 1 N–H and O–H groups in total. The Kier molecular flexibility index (Phi) is 4.79. The Labute approximate surface area is 138 Å². The standard InChI is InChI=1S/C14H21BrN4O3/c1-14(2,3)22-13(21)17-9-5-6-19(8-9)12(20)11-10(15)7-16-18(11)4/h7,9H,5-6,8H2,1-4H3,(H,17,21). The second-order valence-corrected chi connectivity index (χ2v) is 7.20. The second-order valence-electron chi connectivity index (χ2n) is 6.35. The highest BCUT2D eigenvalue weighted by atomic mass is 79.9. The summed E-state index contributed by atoms with van der Waals surface area (Å²) < 4.78 is 7.44. The zero-order valence-corrected chi connectivity index (χ0v) is 14.8. The fraction of sp³-hybridized carbons (Fsp3) is 0.643. The minimum Gasteiger partial charge on any atom is -0.444 e. The van der Waals surface area contributed by atoms with Crippen molar-refractivity contribution < 1.29 is 14.3 Å². The van der Waals surface area contributed by atoms with Gasteiger partial charge in [0.25, 0.3) is 5.91 Å². The summed E-state index contributed by atoms with van der Waals surface area (Å²) in [5.41, 5.74) is -0.0180. The quantitative estimate of drug-likeness (QED) is 0.860. The van der Waals surface area contributed by atoms with Crippen LogP contribution in [0.3, 0.4) is 0 Å². The Bertz CT molecular complexity index is 560. The van der Waals surface area contributed by atoms with Crippen molar-refractivity contribution in [1.29, 1.82) is 0 Å². The number of nitrogens with one attached hydrogen (secondary N) is 1. The lowest BCUT2D eigenvalue weighted by molar-refractivity contribution is 0.0502. The van der Waals surface area contributed by atoms with Gasteiger partial charge in [-0.3, -0.25) is 9.48 Å². The number of ether oxygens (including phenoxy) is 1. The molecule has 1 aromatic rings. The fourth-order valence-corrected chi connectivity index (χ4v) is 2.86. The fourth-order valence-electron chi connectivity index (χ4n) is 2.34. The highest BCUT2D eigenvalue weighted by molar-refractivity contribution is 9.10. The molecule has 2 rings (SSSR count). The molecular formula is C14H21BrN4O3. The van der Waals surface area contributed by atoms with E-state index in [1.165, 1.54) is 0 Å². The first-order valence-electron chi connectivity index (χ1n) is 7.13. The van der Waals surface area contributed by atoms with Crippen LogP contribution in [0.5, 0.6) is 0 Å². The predicted molar refractivity (Wildman–Crippen MR) is 84.6 cm³/mol. The molecule has 0 aliphatic carbocycles. The van der Waals surface area contributed by atoms with Gasteiger partial charge in [-0.1, -0.05) is 0 Å². The highest BCUT2D eigenvalue weighted by Crippen LogP contribution is 2.20. The van der Waals surface area contributed by atoms with Crippen molar-refractivity contribution in [1.82, 2.24) is 20.0 Å². The number of rotatable bonds is 2. The maximum absolute atomic E-state index is 12.5. The third-order valence-corrected chi connectivity index (χ3v) is 3.87. The smallest absolute Gasteiger partial charge is 0.407 e. The van der Waals surface area contributed by atoms with E-state index < -0.39 is 11.7 Å². The third-order valence-electron chi connectivity index (χ3n) is 3.29. The maximum atomic E-state index is 12.5. The Balaban J connectivity index is 1.93. The van der Waals surface area contributed by atoms with Crippen molar-refractivity contribution in [2.75, 3.05) is 13.1 Å². The van der Waals surface area contributed by atoms with Crippen LogP contribution in [0.15, 0.2) is 10.7 Å². The topological polar surface area (TPSA) is 76.5 Å². The lowest BCUT2D eigenvalue weighted by Crippen LogP contribution is -2.41. The van der Waals surface area contributed by atoms with Gasteiger partial charge in [-0.05, 0) is 43.1 Å². The van der Waals surface area contributed by atoms with E-state index in [-0.39, 0.29) is 11.9 Å². The maximum Gasteiger partial charge on any atom is 0.407 e. The SMILES string of the molecule is Cn1ncc(Br)c1C(=O)N1CCC(NC(=O)OC(C)(C)C)C1. The van der Waals surface area contributed by atoms with Crippen LogP contribution >= 0.6 is 15.9 Å². The first-order chi connectivity index (χ1) is 10.2. The number of likely N-dealkylation sites (tertiary alicyclic amines) is 1. The second kappa shape index (κ2) is 6.28. The Morgan fingerprint density at radius 2 is 2.14 bits per heavy atom. The van der Waals surface area contributed by atoms with Crippen LogP contribution in [0, 0.1) is 0 Å². The van der Waals surface area contributed by atoms with Crippen LogP contribution in [-0.4, -0.2) is 51.4 Å². The van der Waals surface area contributed by atoms with Crippen molar-refractivity contribution in [3.8, 4) is 0 Å². The number of hydrogen-bond acceptors (Lipinski definition) is 4. The summed E-state index contributed by atoms with van der Waals surface area (Å²) in [6.45, 7) is 6.51. The lowest BCUT2D eigenvalue weighted by Gasteiger charge is -2.22. The molecule has 2 amide bonds. The highest BCUT2D eigenvalue weighted by Gasteiger charge is 2.31. The molecule has 1 aliphatic heterocycles. The predicted octanol–water partition coefficient (Wildman–Crippen LogP) is 1.92. The van der Waals surface area contributed by atoms with Crippen LogP contribution in [0.2, 0.25) is 0 Å². The monoisotopic (exact) mass is 372 g/mol. The summed E-state index contributed by atoms with van der Waals surface area (Å²) in [5.74, 6) is -0.0969. The molecule has 0 spiro atoms. The molecule has 22 heavy (non-hydrogen) atoms. The van der Waals surface area contributed by atoms with Crippen molar-refractivity contribution >= 4 is 27.9 Å². The van der Waals surface area contributed by atoms with E-state index in [1.807, 2.05) is 20.8 Å². The molecule has 1 unspecified atom stereocenters. The van der Waals surface area contributed by atoms with E-state index in [4.69, 9.17) is 4.74 Å². The third kappa shape index (κ3) is 4.00. The average Bonchev–Trinajstić information content (AvgIpc) is 2.94. The van der Waals surface area contributed by atoms with Gasteiger partial charge < -0.3 is 15.0 Å². The van der Waals surface area contributed by atoms with Crippen molar-refractivity contribution in [2.45, 2.75) is 38.8 Å². The summed E-state index contributed by atoms with van der Waals surface area (Å²) in [4.78, 5) is 26.0. The molecular weight excluding hydrogens is 352 g/mol. The van der Waals surface area contributed by atoms with Crippen LogP contribution in [0.4, 0.5) is 4.79 Å². The van der Waals surface area contributed by atoms with E-state index in [0.717, 1.165) is 0 Å². The van der Waals surface area contributed by atoms with Gasteiger partial charge in [0, 0.05) is 20.1 Å². The van der Waals surface area contributed by atoms with Gasteiger partial charge in [-0.15, -0.1) is 0 Å². The van der Waals surface area contributed by atoms with Crippen LogP contribution in [0.25, 0.3) is 0 Å². The van der Waals surface area contributed by atoms with Gasteiger partial charge in [0.2, 0.25) is 0 Å². The van der Waals surface area contributed by atoms with Gasteiger partial charge in [0.15, 0.2) is 0 Å². The summed E-state index contributed by atoms with van der Waals surface area (Å²) in [6, 6.07) is -0.0918. The molecule has 2 heterocycles. The molecule has 1 fully saturated rings. The number of aryl methyl sites for hydroxylation is 1. The van der Waals surface area contributed by atoms with Crippen LogP contribution in [-0.2, 0) is 11.8 Å². The Morgan fingerprint density at radius 3 is 2.68 bits per heavy atom. The summed E-state index contributed by atoms with van der Waals surface area (Å²) >= 11 is 3.33. The molecule has 0 aromatic carbocycles. The largest absolute Gasteiger partial charge is 0.444 e. The van der Waals surface area contributed by atoms with Crippen LogP contribution in [0.1, 0.15) is 37.7 Å². The van der Waals surface area contributed by atoms with Crippen molar-refractivity contribution in [3.63, 3.8) is 0 Å².